The second-order valence-corrected chi connectivity index (χ2v) is 9.05. The number of carbonyl (C=O) groups excluding carboxylic acids is 2. The Morgan fingerprint density at radius 2 is 1.71 bits per heavy atom. The Balaban J connectivity index is 1.79. The Bertz CT molecular complexity index is 722. The van der Waals surface area contributed by atoms with Crippen LogP contribution in [0.25, 0.3) is 0 Å². The van der Waals surface area contributed by atoms with Gasteiger partial charge >= 0.3 is 6.03 Å². The van der Waals surface area contributed by atoms with E-state index in [1.54, 1.807) is 0 Å². The first-order chi connectivity index (χ1) is 11.2. The molecule has 2 aromatic rings. The van der Waals surface area contributed by atoms with Gasteiger partial charge in [-0.25, -0.2) is 4.79 Å². The minimum absolute atomic E-state index is 0.168. The number of urea groups is 1. The van der Waals surface area contributed by atoms with E-state index in [1.807, 2.05) is 27.7 Å². The van der Waals surface area contributed by atoms with Gasteiger partial charge in [-0.1, -0.05) is 34.4 Å². The highest BCUT2D eigenvalue weighted by molar-refractivity contribution is 8.01. The second-order valence-electron chi connectivity index (χ2n) is 5.67. The predicted octanol–water partition coefficient (Wildman–Crippen LogP) is 2.35. The molecule has 0 saturated heterocycles. The smallest absolute Gasteiger partial charge is 0.321 e. The number of amides is 3. The van der Waals surface area contributed by atoms with Gasteiger partial charge in [0.25, 0.3) is 0 Å². The Labute approximate surface area is 151 Å². The van der Waals surface area contributed by atoms with E-state index in [0.717, 1.165) is 5.01 Å². The molecule has 0 radical (unpaired) electrons. The van der Waals surface area contributed by atoms with E-state index in [9.17, 15) is 9.59 Å². The molecule has 2 rings (SSSR count). The number of nitrogens with one attached hydrogen (secondary N) is 3. The standard InChI is InChI=1S/C12H17N7O2S3/c1-6-16-17-9(23-6)13-7(20)5-22-11-19-18-10(24-11)14-8(21)15-12(2,3)4/h5H2,1-4H3,(H,13,17,20)(H2,14,15,18,21). The van der Waals surface area contributed by atoms with Crippen molar-refractivity contribution in [2.45, 2.75) is 37.6 Å². The van der Waals surface area contributed by atoms with Gasteiger partial charge in [-0.3, -0.25) is 15.4 Å². The fourth-order valence-corrected chi connectivity index (χ4v) is 3.57. The largest absolute Gasteiger partial charge is 0.333 e. The van der Waals surface area contributed by atoms with Gasteiger partial charge in [0.1, 0.15) is 5.01 Å². The van der Waals surface area contributed by atoms with Crippen molar-refractivity contribution in [1.29, 1.82) is 0 Å². The first-order valence-electron chi connectivity index (χ1n) is 6.87. The SMILES string of the molecule is Cc1nnc(NC(=O)CSc2nnc(NC(=O)NC(C)(C)C)s2)s1. The molecule has 0 saturated carbocycles. The number of carbonyl (C=O) groups is 2. The van der Waals surface area contributed by atoms with Crippen molar-refractivity contribution >= 4 is 56.6 Å². The summed E-state index contributed by atoms with van der Waals surface area (Å²) in [4.78, 5) is 23.6. The summed E-state index contributed by atoms with van der Waals surface area (Å²) >= 11 is 3.75. The van der Waals surface area contributed by atoms with Crippen molar-refractivity contribution in [3.8, 4) is 0 Å². The summed E-state index contributed by atoms with van der Waals surface area (Å²) in [6.45, 7) is 7.46. The van der Waals surface area contributed by atoms with Crippen molar-refractivity contribution in [2.75, 3.05) is 16.4 Å². The average molecular weight is 388 g/mol. The molecule has 0 aromatic carbocycles. The van der Waals surface area contributed by atoms with Gasteiger partial charge in [0.15, 0.2) is 4.34 Å². The topological polar surface area (TPSA) is 122 Å². The van der Waals surface area contributed by atoms with E-state index < -0.39 is 0 Å². The van der Waals surface area contributed by atoms with Crippen molar-refractivity contribution in [1.82, 2.24) is 25.7 Å². The molecule has 0 spiro atoms. The maximum absolute atomic E-state index is 11.8. The zero-order valence-corrected chi connectivity index (χ0v) is 16.0. The minimum Gasteiger partial charge on any atom is -0.333 e. The predicted molar refractivity (Wildman–Crippen MR) is 95.8 cm³/mol. The van der Waals surface area contributed by atoms with Crippen LogP contribution in [0.15, 0.2) is 4.34 Å². The molecule has 2 heterocycles. The highest BCUT2D eigenvalue weighted by atomic mass is 32.2. The van der Waals surface area contributed by atoms with E-state index >= 15 is 0 Å². The molecule has 0 aliphatic heterocycles. The molecule has 0 aliphatic carbocycles. The summed E-state index contributed by atoms with van der Waals surface area (Å²) in [5.41, 5.74) is -0.340. The zero-order chi connectivity index (χ0) is 17.7. The van der Waals surface area contributed by atoms with Crippen LogP contribution in [0, 0.1) is 6.92 Å². The molecule has 24 heavy (non-hydrogen) atoms. The number of thioether (sulfide) groups is 1. The number of aryl methyl sites for hydroxylation is 1. The number of aromatic nitrogens is 4. The van der Waals surface area contributed by atoms with E-state index in [1.165, 1.54) is 34.4 Å². The normalized spacial score (nSPS) is 11.2. The molecule has 130 valence electrons. The van der Waals surface area contributed by atoms with Gasteiger partial charge in [-0.15, -0.1) is 20.4 Å². The van der Waals surface area contributed by atoms with E-state index in [-0.39, 0.29) is 23.2 Å². The van der Waals surface area contributed by atoms with Crippen molar-refractivity contribution in [3.05, 3.63) is 5.01 Å². The highest BCUT2D eigenvalue weighted by Crippen LogP contribution is 2.25. The summed E-state index contributed by atoms with van der Waals surface area (Å²) in [6, 6.07) is -0.348. The number of hydrogen-bond donors (Lipinski definition) is 3. The third kappa shape index (κ3) is 6.37. The van der Waals surface area contributed by atoms with Crippen molar-refractivity contribution in [2.24, 2.45) is 0 Å². The third-order valence-electron chi connectivity index (χ3n) is 2.21. The molecular weight excluding hydrogens is 370 g/mol. The van der Waals surface area contributed by atoms with Crippen LogP contribution in [0.1, 0.15) is 25.8 Å². The maximum atomic E-state index is 11.8. The lowest BCUT2D eigenvalue weighted by atomic mass is 10.1. The summed E-state index contributed by atoms with van der Waals surface area (Å²) in [5, 5.41) is 25.1. The average Bonchev–Trinajstić information content (AvgIpc) is 3.03. The molecule has 3 amide bonds. The lowest BCUT2D eigenvalue weighted by molar-refractivity contribution is -0.113. The molecule has 0 fully saturated rings. The van der Waals surface area contributed by atoms with Crippen LogP contribution in [0.2, 0.25) is 0 Å². The van der Waals surface area contributed by atoms with Gasteiger partial charge in [-0.05, 0) is 27.7 Å². The first-order valence-corrected chi connectivity index (χ1v) is 9.48. The number of hydrogen-bond acceptors (Lipinski definition) is 9. The van der Waals surface area contributed by atoms with Crippen LogP contribution in [0.4, 0.5) is 15.1 Å². The summed E-state index contributed by atoms with van der Waals surface area (Å²) in [5.74, 6) is -0.0344. The molecule has 12 heteroatoms. The quantitative estimate of drug-likeness (QED) is 0.532. The van der Waals surface area contributed by atoms with Crippen molar-refractivity contribution < 1.29 is 9.59 Å². The highest BCUT2D eigenvalue weighted by Gasteiger charge is 2.16. The molecule has 0 atom stereocenters. The van der Waals surface area contributed by atoms with Crippen LogP contribution in [-0.2, 0) is 4.79 Å². The zero-order valence-electron chi connectivity index (χ0n) is 13.5. The second kappa shape index (κ2) is 7.85. The first kappa shape index (κ1) is 18.5. The molecule has 0 bridgehead atoms. The molecule has 0 aliphatic rings. The van der Waals surface area contributed by atoms with Gasteiger partial charge in [0, 0.05) is 5.54 Å². The van der Waals surface area contributed by atoms with Crippen molar-refractivity contribution in [3.63, 3.8) is 0 Å². The summed E-state index contributed by atoms with van der Waals surface area (Å²) in [6.07, 6.45) is 0. The van der Waals surface area contributed by atoms with E-state index in [0.29, 0.717) is 14.6 Å². The Morgan fingerprint density at radius 1 is 1.04 bits per heavy atom. The molecular formula is C12H17N7O2S3. The Kier molecular flexibility index (Phi) is 6.07. The maximum Gasteiger partial charge on any atom is 0.321 e. The van der Waals surface area contributed by atoms with Gasteiger partial charge in [0.2, 0.25) is 16.2 Å². The Morgan fingerprint density at radius 3 is 2.33 bits per heavy atom. The van der Waals surface area contributed by atoms with E-state index in [4.69, 9.17) is 0 Å². The fourth-order valence-electron chi connectivity index (χ4n) is 1.42. The number of rotatable bonds is 5. The molecule has 9 nitrogen and oxygen atoms in total. The van der Waals surface area contributed by atoms with Crippen LogP contribution >= 0.6 is 34.4 Å². The van der Waals surface area contributed by atoms with E-state index in [2.05, 4.69) is 36.3 Å². The lowest BCUT2D eigenvalue weighted by Gasteiger charge is -2.19. The van der Waals surface area contributed by atoms with Gasteiger partial charge < -0.3 is 5.32 Å². The summed E-state index contributed by atoms with van der Waals surface area (Å²) in [7, 11) is 0. The molecule has 0 unspecified atom stereocenters. The number of nitrogens with zero attached hydrogens (tertiary/aromatic N) is 4. The monoisotopic (exact) mass is 387 g/mol. The minimum atomic E-state index is -0.348. The molecule has 3 N–H and O–H groups in total. The lowest BCUT2D eigenvalue weighted by Crippen LogP contribution is -2.43. The Hall–Kier alpha value is -1.79. The van der Waals surface area contributed by atoms with Crippen LogP contribution in [-0.4, -0.2) is 43.6 Å². The van der Waals surface area contributed by atoms with Crippen LogP contribution in [0.3, 0.4) is 0 Å². The fraction of sp³-hybridized carbons (Fsp3) is 0.500. The number of anilines is 2. The van der Waals surface area contributed by atoms with Crippen LogP contribution in [0.5, 0.6) is 0 Å². The van der Waals surface area contributed by atoms with Gasteiger partial charge in [0.05, 0.1) is 5.75 Å². The van der Waals surface area contributed by atoms with Gasteiger partial charge in [-0.2, -0.15) is 0 Å². The molecule has 2 aromatic heterocycles. The third-order valence-corrected chi connectivity index (χ3v) is 4.94. The van der Waals surface area contributed by atoms with Crippen LogP contribution < -0.4 is 16.0 Å². The summed E-state index contributed by atoms with van der Waals surface area (Å²) < 4.78 is 0.588.